The number of nitrogens with one attached hydrogen (secondary N) is 2. The first-order chi connectivity index (χ1) is 10.4. The van der Waals surface area contributed by atoms with Gasteiger partial charge < -0.3 is 10.6 Å². The monoisotopic (exact) mass is 316 g/mol. The lowest BCUT2D eigenvalue weighted by Gasteiger charge is -2.14. The third kappa shape index (κ3) is 3.80. The standard InChI is InChI=1S/C18H21ClN2O/c1-11-8-12(2)18(13(3)9-11)21-17(22)10-20-16-7-5-6-15(19)14(16)4/h5-9,20H,10H2,1-4H3,(H,21,22). The van der Waals surface area contributed by atoms with Gasteiger partial charge in [-0.05, 0) is 56.5 Å². The molecule has 0 aliphatic heterocycles. The van der Waals surface area contributed by atoms with E-state index in [0.717, 1.165) is 28.1 Å². The molecule has 4 heteroatoms. The number of hydrogen-bond acceptors (Lipinski definition) is 2. The molecule has 0 aliphatic rings. The van der Waals surface area contributed by atoms with E-state index in [-0.39, 0.29) is 12.5 Å². The molecule has 0 aromatic heterocycles. The third-order valence-corrected chi connectivity index (χ3v) is 4.06. The van der Waals surface area contributed by atoms with Crippen LogP contribution in [-0.4, -0.2) is 12.5 Å². The van der Waals surface area contributed by atoms with Crippen LogP contribution in [0.5, 0.6) is 0 Å². The molecule has 0 bridgehead atoms. The highest BCUT2D eigenvalue weighted by Gasteiger charge is 2.09. The summed E-state index contributed by atoms with van der Waals surface area (Å²) in [6.45, 7) is 8.19. The van der Waals surface area contributed by atoms with Gasteiger partial charge in [0.25, 0.3) is 0 Å². The molecule has 2 aromatic rings. The van der Waals surface area contributed by atoms with Crippen LogP contribution in [-0.2, 0) is 4.79 Å². The molecular weight excluding hydrogens is 296 g/mol. The van der Waals surface area contributed by atoms with Gasteiger partial charge in [-0.2, -0.15) is 0 Å². The number of benzene rings is 2. The fourth-order valence-corrected chi connectivity index (χ4v) is 2.71. The van der Waals surface area contributed by atoms with E-state index in [1.165, 1.54) is 5.56 Å². The summed E-state index contributed by atoms with van der Waals surface area (Å²) >= 11 is 6.07. The van der Waals surface area contributed by atoms with E-state index in [2.05, 4.69) is 29.7 Å². The summed E-state index contributed by atoms with van der Waals surface area (Å²) in [4.78, 5) is 12.2. The first kappa shape index (κ1) is 16.4. The van der Waals surface area contributed by atoms with Gasteiger partial charge in [-0.1, -0.05) is 35.4 Å². The fourth-order valence-electron chi connectivity index (χ4n) is 2.54. The molecule has 0 radical (unpaired) electrons. The van der Waals surface area contributed by atoms with Gasteiger partial charge in [0, 0.05) is 16.4 Å². The Bertz CT molecular complexity index is 687. The van der Waals surface area contributed by atoms with Crippen LogP contribution in [0.2, 0.25) is 5.02 Å². The molecule has 2 aromatic carbocycles. The average Bonchev–Trinajstić information content (AvgIpc) is 2.44. The molecule has 1 amide bonds. The molecule has 0 aliphatic carbocycles. The molecule has 0 heterocycles. The van der Waals surface area contributed by atoms with Crippen molar-refractivity contribution in [2.75, 3.05) is 17.2 Å². The van der Waals surface area contributed by atoms with Gasteiger partial charge in [0.1, 0.15) is 0 Å². The van der Waals surface area contributed by atoms with Gasteiger partial charge in [-0.3, -0.25) is 4.79 Å². The number of hydrogen-bond donors (Lipinski definition) is 2. The van der Waals surface area contributed by atoms with E-state index >= 15 is 0 Å². The van der Waals surface area contributed by atoms with Gasteiger partial charge in [0.05, 0.1) is 6.54 Å². The smallest absolute Gasteiger partial charge is 0.243 e. The lowest BCUT2D eigenvalue weighted by molar-refractivity contribution is -0.114. The van der Waals surface area contributed by atoms with E-state index in [4.69, 9.17) is 11.6 Å². The van der Waals surface area contributed by atoms with Crippen LogP contribution in [0.25, 0.3) is 0 Å². The van der Waals surface area contributed by atoms with E-state index in [1.54, 1.807) is 0 Å². The van der Waals surface area contributed by atoms with Crippen LogP contribution >= 0.6 is 11.6 Å². The summed E-state index contributed by atoms with van der Waals surface area (Å²) in [6, 6.07) is 9.75. The van der Waals surface area contributed by atoms with Crippen LogP contribution in [0.3, 0.4) is 0 Å². The first-order valence-electron chi connectivity index (χ1n) is 7.25. The van der Waals surface area contributed by atoms with E-state index in [1.807, 2.05) is 39.0 Å². The summed E-state index contributed by atoms with van der Waals surface area (Å²) in [5.74, 6) is -0.0746. The van der Waals surface area contributed by atoms with Crippen LogP contribution in [0.1, 0.15) is 22.3 Å². The highest BCUT2D eigenvalue weighted by atomic mass is 35.5. The predicted octanol–water partition coefficient (Wildman–Crippen LogP) is 4.62. The van der Waals surface area contributed by atoms with Crippen LogP contribution in [0.4, 0.5) is 11.4 Å². The Balaban J connectivity index is 2.04. The number of aryl methyl sites for hydroxylation is 3. The minimum Gasteiger partial charge on any atom is -0.376 e. The predicted molar refractivity (Wildman–Crippen MR) is 94.0 cm³/mol. The Morgan fingerprint density at radius 2 is 1.73 bits per heavy atom. The van der Waals surface area contributed by atoms with Crippen LogP contribution in [0, 0.1) is 27.7 Å². The molecule has 0 atom stereocenters. The van der Waals surface area contributed by atoms with Crippen molar-refractivity contribution in [3.63, 3.8) is 0 Å². The Morgan fingerprint density at radius 1 is 1.09 bits per heavy atom. The van der Waals surface area contributed by atoms with Crippen molar-refractivity contribution in [1.29, 1.82) is 0 Å². The Kier molecular flexibility index (Phi) is 5.09. The maximum Gasteiger partial charge on any atom is 0.243 e. The zero-order valence-electron chi connectivity index (χ0n) is 13.4. The Morgan fingerprint density at radius 3 is 2.36 bits per heavy atom. The summed E-state index contributed by atoms with van der Waals surface area (Å²) in [5.41, 5.74) is 6.05. The largest absolute Gasteiger partial charge is 0.376 e. The second-order valence-corrected chi connectivity index (χ2v) is 6.00. The number of halogens is 1. The minimum atomic E-state index is -0.0746. The lowest BCUT2D eigenvalue weighted by Crippen LogP contribution is -2.23. The Labute approximate surface area is 136 Å². The topological polar surface area (TPSA) is 41.1 Å². The van der Waals surface area contributed by atoms with Crippen molar-refractivity contribution in [3.05, 3.63) is 57.6 Å². The second-order valence-electron chi connectivity index (χ2n) is 5.59. The van der Waals surface area contributed by atoms with E-state index in [0.29, 0.717) is 5.02 Å². The number of rotatable bonds is 4. The average molecular weight is 317 g/mol. The highest BCUT2D eigenvalue weighted by Crippen LogP contribution is 2.23. The lowest BCUT2D eigenvalue weighted by atomic mass is 10.1. The number of carbonyl (C=O) groups excluding carboxylic acids is 1. The van der Waals surface area contributed by atoms with Gasteiger partial charge in [0.2, 0.25) is 5.91 Å². The molecule has 0 saturated heterocycles. The van der Waals surface area contributed by atoms with Crippen LogP contribution < -0.4 is 10.6 Å². The molecule has 0 unspecified atom stereocenters. The van der Waals surface area contributed by atoms with Crippen molar-refractivity contribution in [2.24, 2.45) is 0 Å². The molecule has 0 saturated carbocycles. The molecule has 22 heavy (non-hydrogen) atoms. The van der Waals surface area contributed by atoms with E-state index < -0.39 is 0 Å². The maximum absolute atomic E-state index is 12.2. The summed E-state index contributed by atoms with van der Waals surface area (Å²) in [5, 5.41) is 6.79. The number of amides is 1. The zero-order chi connectivity index (χ0) is 16.3. The van der Waals surface area contributed by atoms with Crippen molar-refractivity contribution in [3.8, 4) is 0 Å². The van der Waals surface area contributed by atoms with Crippen LogP contribution in [0.15, 0.2) is 30.3 Å². The molecule has 2 N–H and O–H groups in total. The molecule has 3 nitrogen and oxygen atoms in total. The van der Waals surface area contributed by atoms with Crippen molar-refractivity contribution < 1.29 is 4.79 Å². The molecule has 116 valence electrons. The molecular formula is C18H21ClN2O. The van der Waals surface area contributed by atoms with Gasteiger partial charge >= 0.3 is 0 Å². The fraction of sp³-hybridized carbons (Fsp3) is 0.278. The van der Waals surface area contributed by atoms with Crippen molar-refractivity contribution in [1.82, 2.24) is 0 Å². The second kappa shape index (κ2) is 6.84. The molecule has 0 spiro atoms. The quantitative estimate of drug-likeness (QED) is 0.863. The normalized spacial score (nSPS) is 10.4. The highest BCUT2D eigenvalue weighted by molar-refractivity contribution is 6.31. The van der Waals surface area contributed by atoms with Crippen molar-refractivity contribution >= 4 is 28.9 Å². The number of anilines is 2. The van der Waals surface area contributed by atoms with Gasteiger partial charge in [-0.15, -0.1) is 0 Å². The molecule has 2 rings (SSSR count). The van der Waals surface area contributed by atoms with Gasteiger partial charge in [0.15, 0.2) is 0 Å². The van der Waals surface area contributed by atoms with Gasteiger partial charge in [-0.25, -0.2) is 0 Å². The van der Waals surface area contributed by atoms with E-state index in [9.17, 15) is 4.79 Å². The summed E-state index contributed by atoms with van der Waals surface area (Å²) in [6.07, 6.45) is 0. The zero-order valence-corrected chi connectivity index (χ0v) is 14.1. The SMILES string of the molecule is Cc1cc(C)c(NC(=O)CNc2cccc(Cl)c2C)c(C)c1. The summed E-state index contributed by atoms with van der Waals surface area (Å²) < 4.78 is 0. The third-order valence-electron chi connectivity index (χ3n) is 3.65. The number of carbonyl (C=O) groups is 1. The summed E-state index contributed by atoms with van der Waals surface area (Å²) in [7, 11) is 0. The Hall–Kier alpha value is -2.00. The molecule has 0 fully saturated rings. The first-order valence-corrected chi connectivity index (χ1v) is 7.63. The minimum absolute atomic E-state index is 0.0746. The maximum atomic E-state index is 12.2. The van der Waals surface area contributed by atoms with Crippen molar-refractivity contribution in [2.45, 2.75) is 27.7 Å².